The quantitative estimate of drug-likeness (QED) is 0.517. The highest BCUT2D eigenvalue weighted by Gasteiger charge is 2.08. The van der Waals surface area contributed by atoms with Crippen LogP contribution in [0.25, 0.3) is 0 Å². The van der Waals surface area contributed by atoms with Crippen LogP contribution in [0.2, 0.25) is 25.7 Å². The Hall–Kier alpha value is -1.26. The number of benzene rings is 1. The maximum absolute atomic E-state index is 3.11. The van der Waals surface area contributed by atoms with E-state index in [0.29, 0.717) is 0 Å². The zero-order chi connectivity index (χ0) is 11.1. The molecule has 0 N–H and O–H groups in total. The van der Waals surface area contributed by atoms with Gasteiger partial charge in [-0.3, -0.25) is 0 Å². The first kappa shape index (κ1) is 11.8. The third-order valence-corrected chi connectivity index (χ3v) is 3.38. The highest BCUT2D eigenvalue weighted by molar-refractivity contribution is 6.76. The molecule has 0 aliphatic heterocycles. The lowest BCUT2D eigenvalue weighted by Crippen LogP contribution is -2.17. The molecular weight excluding hydrogens is 196 g/mol. The molecule has 0 saturated heterocycles. The van der Waals surface area contributed by atoms with E-state index in [1.807, 2.05) is 36.4 Å². The Morgan fingerprint density at radius 1 is 1.13 bits per heavy atom. The molecule has 0 nitrogen and oxygen atoms in total. The van der Waals surface area contributed by atoms with Crippen LogP contribution in [0.15, 0.2) is 42.5 Å². The van der Waals surface area contributed by atoms with Crippen molar-refractivity contribution in [3.8, 4) is 11.8 Å². The number of hydrogen-bond acceptors (Lipinski definition) is 0. The molecule has 15 heavy (non-hydrogen) atoms. The maximum Gasteiger partial charge on any atom is 0.0480 e. The number of hydrogen-bond donors (Lipinski definition) is 0. The second-order valence-corrected chi connectivity index (χ2v) is 10.3. The highest BCUT2D eigenvalue weighted by Crippen LogP contribution is 2.07. The van der Waals surface area contributed by atoms with E-state index in [0.717, 1.165) is 5.56 Å². The minimum atomic E-state index is -0.941. The van der Waals surface area contributed by atoms with E-state index in [-0.39, 0.29) is 0 Å². The Balaban J connectivity index is 2.47. The first-order valence-corrected chi connectivity index (χ1v) is 9.00. The molecule has 0 heterocycles. The Bertz CT molecular complexity index is 371. The fourth-order valence-electron chi connectivity index (χ4n) is 1.12. The number of allylic oxidation sites excluding steroid dienone is 2. The molecule has 1 aromatic rings. The summed E-state index contributed by atoms with van der Waals surface area (Å²) in [7, 11) is -0.941. The van der Waals surface area contributed by atoms with E-state index in [9.17, 15) is 0 Å². The van der Waals surface area contributed by atoms with Crippen LogP contribution in [0.4, 0.5) is 0 Å². The molecule has 0 aliphatic carbocycles. The molecule has 0 fully saturated rings. The Morgan fingerprint density at radius 2 is 1.80 bits per heavy atom. The van der Waals surface area contributed by atoms with Gasteiger partial charge in [-0.2, -0.15) is 0 Å². The van der Waals surface area contributed by atoms with Gasteiger partial charge in [0.15, 0.2) is 0 Å². The van der Waals surface area contributed by atoms with Crippen molar-refractivity contribution in [1.29, 1.82) is 0 Å². The number of rotatable bonds is 2. The zero-order valence-electron chi connectivity index (χ0n) is 9.75. The topological polar surface area (TPSA) is 0 Å². The molecule has 0 aliphatic rings. The smallest absolute Gasteiger partial charge is 0.0480 e. The van der Waals surface area contributed by atoms with Crippen molar-refractivity contribution in [3.05, 3.63) is 48.0 Å². The average Bonchev–Trinajstić information content (AvgIpc) is 2.17. The van der Waals surface area contributed by atoms with Crippen LogP contribution in [0, 0.1) is 11.8 Å². The van der Waals surface area contributed by atoms with E-state index in [4.69, 9.17) is 0 Å². The van der Waals surface area contributed by atoms with Crippen molar-refractivity contribution >= 4 is 8.07 Å². The molecule has 0 spiro atoms. The lowest BCUT2D eigenvalue weighted by Gasteiger charge is -2.10. The zero-order valence-corrected chi connectivity index (χ0v) is 10.7. The first-order valence-electron chi connectivity index (χ1n) is 5.29. The second-order valence-electron chi connectivity index (χ2n) is 4.80. The lowest BCUT2D eigenvalue weighted by atomic mass is 10.2. The third kappa shape index (κ3) is 5.93. The van der Waals surface area contributed by atoms with Crippen LogP contribution in [0.1, 0.15) is 5.56 Å². The molecular formula is C14H18Si. The summed E-state index contributed by atoms with van der Waals surface area (Å²) < 4.78 is 0. The molecule has 0 atom stereocenters. The summed E-state index contributed by atoms with van der Waals surface area (Å²) in [6.07, 6.45) is 4.17. The fourth-order valence-corrected chi connectivity index (χ4v) is 1.94. The predicted octanol–water partition coefficient (Wildman–Crippen LogP) is 3.93. The van der Waals surface area contributed by atoms with Gasteiger partial charge in [0.05, 0.1) is 0 Å². The lowest BCUT2D eigenvalue weighted by molar-refractivity contribution is 1.51. The predicted molar refractivity (Wildman–Crippen MR) is 70.6 cm³/mol. The first-order chi connectivity index (χ1) is 7.08. The van der Waals surface area contributed by atoms with E-state index in [2.05, 4.69) is 37.6 Å². The Kier molecular flexibility index (Phi) is 4.39. The van der Waals surface area contributed by atoms with E-state index in [1.165, 1.54) is 6.04 Å². The summed E-state index contributed by atoms with van der Waals surface area (Å²) in [4.78, 5) is 0. The monoisotopic (exact) mass is 214 g/mol. The van der Waals surface area contributed by atoms with Gasteiger partial charge < -0.3 is 0 Å². The molecule has 78 valence electrons. The SMILES string of the molecule is C[Si](C)(C)C/C=C\C#Cc1ccccc1. The third-order valence-electron chi connectivity index (χ3n) is 1.92. The standard InChI is InChI=1S/C14H18Si/c1-15(2,3)13-9-5-8-12-14-10-6-4-7-11-14/h4-7,9-11H,13H2,1-3H3/b9-5-. The van der Waals surface area contributed by atoms with E-state index in [1.54, 1.807) is 0 Å². The van der Waals surface area contributed by atoms with Crippen LogP contribution < -0.4 is 0 Å². The minimum Gasteiger partial charge on any atom is -0.0788 e. The minimum absolute atomic E-state index is 0.941. The van der Waals surface area contributed by atoms with Crippen molar-refractivity contribution in [1.82, 2.24) is 0 Å². The molecule has 0 unspecified atom stereocenters. The normalized spacial score (nSPS) is 11.1. The Labute approximate surface area is 94.0 Å². The van der Waals surface area contributed by atoms with Crippen LogP contribution in [0.3, 0.4) is 0 Å². The van der Waals surface area contributed by atoms with E-state index < -0.39 is 8.07 Å². The maximum atomic E-state index is 3.11. The van der Waals surface area contributed by atoms with Crippen LogP contribution >= 0.6 is 0 Å². The molecule has 0 radical (unpaired) electrons. The molecule has 0 amide bonds. The fraction of sp³-hybridized carbons (Fsp3) is 0.286. The summed E-state index contributed by atoms with van der Waals surface area (Å²) in [5.41, 5.74) is 1.08. The summed E-state index contributed by atoms with van der Waals surface area (Å²) in [5, 5.41) is 0. The van der Waals surface area contributed by atoms with Crippen molar-refractivity contribution in [2.24, 2.45) is 0 Å². The summed E-state index contributed by atoms with van der Waals surface area (Å²) >= 11 is 0. The molecule has 1 aromatic carbocycles. The molecule has 0 bridgehead atoms. The van der Waals surface area contributed by atoms with Crippen LogP contribution in [-0.2, 0) is 0 Å². The van der Waals surface area contributed by atoms with Crippen molar-refractivity contribution in [2.75, 3.05) is 0 Å². The van der Waals surface area contributed by atoms with Gasteiger partial charge in [-0.15, -0.1) is 0 Å². The van der Waals surface area contributed by atoms with E-state index >= 15 is 0 Å². The van der Waals surface area contributed by atoms with Gasteiger partial charge in [0.2, 0.25) is 0 Å². The molecule has 0 saturated carbocycles. The van der Waals surface area contributed by atoms with Gasteiger partial charge in [-0.25, -0.2) is 0 Å². The average molecular weight is 214 g/mol. The van der Waals surface area contributed by atoms with Crippen molar-refractivity contribution in [3.63, 3.8) is 0 Å². The summed E-state index contributed by atoms with van der Waals surface area (Å²) in [6, 6.07) is 11.3. The van der Waals surface area contributed by atoms with Gasteiger partial charge in [0, 0.05) is 13.6 Å². The highest BCUT2D eigenvalue weighted by atomic mass is 28.3. The van der Waals surface area contributed by atoms with Gasteiger partial charge >= 0.3 is 0 Å². The largest absolute Gasteiger partial charge is 0.0788 e. The molecule has 0 aromatic heterocycles. The second kappa shape index (κ2) is 5.58. The van der Waals surface area contributed by atoms with Gasteiger partial charge in [0.1, 0.15) is 0 Å². The van der Waals surface area contributed by atoms with Crippen LogP contribution in [-0.4, -0.2) is 8.07 Å². The van der Waals surface area contributed by atoms with Crippen molar-refractivity contribution < 1.29 is 0 Å². The molecule has 1 heteroatoms. The van der Waals surface area contributed by atoms with Gasteiger partial charge in [-0.1, -0.05) is 55.8 Å². The van der Waals surface area contributed by atoms with Gasteiger partial charge in [0.25, 0.3) is 0 Å². The van der Waals surface area contributed by atoms with Gasteiger partial charge in [-0.05, 0) is 24.3 Å². The van der Waals surface area contributed by atoms with Crippen molar-refractivity contribution in [2.45, 2.75) is 25.7 Å². The summed E-state index contributed by atoms with van der Waals surface area (Å²) in [5.74, 6) is 6.18. The molecule has 1 rings (SSSR count). The Morgan fingerprint density at radius 3 is 2.40 bits per heavy atom. The van der Waals surface area contributed by atoms with Crippen LogP contribution in [0.5, 0.6) is 0 Å². The summed E-state index contributed by atoms with van der Waals surface area (Å²) in [6.45, 7) is 7.09.